The largest absolute Gasteiger partial charge is 0.497 e. The van der Waals surface area contributed by atoms with Gasteiger partial charge in [-0.15, -0.1) is 24.0 Å². The lowest BCUT2D eigenvalue weighted by atomic mass is 10.1. The monoisotopic (exact) mass is 531 g/mol. The van der Waals surface area contributed by atoms with Gasteiger partial charge in [-0.25, -0.2) is 0 Å². The van der Waals surface area contributed by atoms with Gasteiger partial charge in [0.1, 0.15) is 5.75 Å². The first-order chi connectivity index (χ1) is 14.3. The Morgan fingerprint density at radius 2 is 2.07 bits per heavy atom. The van der Waals surface area contributed by atoms with E-state index < -0.39 is 0 Å². The molecule has 3 rings (SSSR count). The number of aryl methyl sites for hydroxylation is 1. The van der Waals surface area contributed by atoms with Crippen molar-refractivity contribution in [3.05, 3.63) is 29.8 Å². The third-order valence-electron chi connectivity index (χ3n) is 5.80. The first-order valence-electron chi connectivity index (χ1n) is 11.1. The van der Waals surface area contributed by atoms with Crippen molar-refractivity contribution in [2.45, 2.75) is 57.2 Å². The number of nitrogens with zero attached hydrogens (tertiary/aromatic N) is 2. The zero-order valence-corrected chi connectivity index (χ0v) is 20.8. The number of hydrogen-bond acceptors (Lipinski definition) is 4. The highest BCUT2D eigenvalue weighted by Gasteiger charge is 2.23. The minimum Gasteiger partial charge on any atom is -0.497 e. The van der Waals surface area contributed by atoms with Crippen LogP contribution in [0.3, 0.4) is 0 Å². The van der Waals surface area contributed by atoms with Crippen LogP contribution < -0.4 is 10.1 Å². The van der Waals surface area contributed by atoms with Crippen molar-refractivity contribution in [1.29, 1.82) is 0 Å². The molecule has 7 heteroatoms. The molecule has 1 unspecified atom stereocenters. The van der Waals surface area contributed by atoms with Crippen LogP contribution >= 0.6 is 24.0 Å². The van der Waals surface area contributed by atoms with Crippen molar-refractivity contribution in [2.75, 3.05) is 47.0 Å². The Bertz CT molecular complexity index is 630. The van der Waals surface area contributed by atoms with E-state index in [4.69, 9.17) is 14.2 Å². The van der Waals surface area contributed by atoms with Crippen molar-refractivity contribution >= 4 is 29.9 Å². The van der Waals surface area contributed by atoms with Gasteiger partial charge in [-0.3, -0.25) is 4.99 Å². The summed E-state index contributed by atoms with van der Waals surface area (Å²) in [6.45, 7) is 4.55. The fourth-order valence-electron chi connectivity index (χ4n) is 4.07. The highest BCUT2D eigenvalue weighted by Crippen LogP contribution is 2.18. The summed E-state index contributed by atoms with van der Waals surface area (Å²) >= 11 is 0. The Morgan fingerprint density at radius 3 is 2.77 bits per heavy atom. The highest BCUT2D eigenvalue weighted by molar-refractivity contribution is 14.0. The number of methoxy groups -OCH3 is 1. The summed E-state index contributed by atoms with van der Waals surface area (Å²) < 4.78 is 17.2. The Balaban J connectivity index is 0.00000320. The second-order valence-electron chi connectivity index (χ2n) is 7.94. The van der Waals surface area contributed by atoms with Crippen molar-refractivity contribution in [3.8, 4) is 5.75 Å². The van der Waals surface area contributed by atoms with Gasteiger partial charge in [-0.2, -0.15) is 0 Å². The Labute approximate surface area is 198 Å². The van der Waals surface area contributed by atoms with Crippen LogP contribution in [0.15, 0.2) is 29.3 Å². The van der Waals surface area contributed by atoms with Gasteiger partial charge in [0, 0.05) is 33.3 Å². The normalized spacial score (nSPS) is 20.5. The molecule has 2 heterocycles. The fraction of sp³-hybridized carbons (Fsp3) is 0.696. The average Bonchev–Trinajstić information content (AvgIpc) is 2.79. The quantitative estimate of drug-likeness (QED) is 0.239. The number of piperidine rings is 1. The number of benzene rings is 1. The smallest absolute Gasteiger partial charge is 0.193 e. The molecule has 0 saturated carbocycles. The van der Waals surface area contributed by atoms with Gasteiger partial charge in [-0.1, -0.05) is 12.1 Å². The molecule has 0 aromatic heterocycles. The number of hydrogen-bond donors (Lipinski definition) is 1. The maximum absolute atomic E-state index is 6.13. The third kappa shape index (κ3) is 8.23. The molecule has 1 aromatic carbocycles. The molecule has 1 atom stereocenters. The van der Waals surface area contributed by atoms with Gasteiger partial charge in [-0.05, 0) is 62.6 Å². The number of halogens is 1. The third-order valence-corrected chi connectivity index (χ3v) is 5.80. The summed E-state index contributed by atoms with van der Waals surface area (Å²) in [4.78, 5) is 6.83. The van der Waals surface area contributed by atoms with E-state index in [1.54, 1.807) is 7.11 Å². The summed E-state index contributed by atoms with van der Waals surface area (Å²) in [5.41, 5.74) is 1.31. The molecule has 0 amide bonds. The second-order valence-corrected chi connectivity index (χ2v) is 7.94. The van der Waals surface area contributed by atoms with Crippen LogP contribution in [0.2, 0.25) is 0 Å². The van der Waals surface area contributed by atoms with Crippen molar-refractivity contribution in [1.82, 2.24) is 10.2 Å². The lowest BCUT2D eigenvalue weighted by Gasteiger charge is -2.35. The van der Waals surface area contributed by atoms with E-state index in [0.29, 0.717) is 12.2 Å². The summed E-state index contributed by atoms with van der Waals surface area (Å²) in [5.74, 6) is 1.93. The SMILES string of the molecule is CN=C(NCCCc1cccc(OC)c1)N1CCC(OCC2CCCCO2)CC1.I. The number of aliphatic imine (C=N–C) groups is 1. The number of likely N-dealkylation sites (tertiary alicyclic amines) is 1. The molecular formula is C23H38IN3O3. The van der Waals surface area contributed by atoms with Gasteiger partial charge >= 0.3 is 0 Å². The lowest BCUT2D eigenvalue weighted by molar-refractivity contribution is -0.0721. The van der Waals surface area contributed by atoms with E-state index in [2.05, 4.69) is 27.3 Å². The van der Waals surface area contributed by atoms with E-state index >= 15 is 0 Å². The standard InChI is InChI=1S/C23H37N3O3.HI/c1-24-23(25-13-6-8-19-7-5-10-21(17-19)27-2)26-14-11-20(12-15-26)29-18-22-9-3-4-16-28-22;/h5,7,10,17,20,22H,3-4,6,8-9,11-16,18H2,1-2H3,(H,24,25);1H. The van der Waals surface area contributed by atoms with Gasteiger partial charge < -0.3 is 24.4 Å². The zero-order valence-electron chi connectivity index (χ0n) is 18.5. The van der Waals surface area contributed by atoms with E-state index in [-0.39, 0.29) is 24.0 Å². The Hall–Kier alpha value is -1.06. The van der Waals surface area contributed by atoms with E-state index in [9.17, 15) is 0 Å². The molecule has 6 nitrogen and oxygen atoms in total. The molecule has 2 aliphatic rings. The zero-order chi connectivity index (χ0) is 20.3. The van der Waals surface area contributed by atoms with Crippen LogP contribution in [0, 0.1) is 0 Å². The van der Waals surface area contributed by atoms with E-state index in [1.807, 2.05) is 19.2 Å². The van der Waals surface area contributed by atoms with Gasteiger partial charge in [0.25, 0.3) is 0 Å². The van der Waals surface area contributed by atoms with Crippen LogP contribution in [-0.2, 0) is 15.9 Å². The molecule has 1 N–H and O–H groups in total. The Morgan fingerprint density at radius 1 is 1.23 bits per heavy atom. The maximum Gasteiger partial charge on any atom is 0.193 e. The number of nitrogens with one attached hydrogen (secondary N) is 1. The van der Waals surface area contributed by atoms with Crippen LogP contribution in [0.5, 0.6) is 5.75 Å². The maximum atomic E-state index is 6.13. The van der Waals surface area contributed by atoms with Crippen molar-refractivity contribution in [3.63, 3.8) is 0 Å². The molecule has 2 fully saturated rings. The molecule has 2 aliphatic heterocycles. The summed E-state index contributed by atoms with van der Waals surface area (Å²) in [6, 6.07) is 8.30. The number of guanidine groups is 1. The Kier molecular flexibility index (Phi) is 11.8. The topological polar surface area (TPSA) is 55.3 Å². The van der Waals surface area contributed by atoms with Crippen LogP contribution in [0.4, 0.5) is 0 Å². The van der Waals surface area contributed by atoms with Gasteiger partial charge in [0.05, 0.1) is 25.9 Å². The average molecular weight is 531 g/mol. The van der Waals surface area contributed by atoms with E-state index in [1.165, 1.54) is 18.4 Å². The van der Waals surface area contributed by atoms with Gasteiger partial charge in [0.2, 0.25) is 0 Å². The second kappa shape index (κ2) is 14.1. The molecule has 30 heavy (non-hydrogen) atoms. The summed E-state index contributed by atoms with van der Waals surface area (Å²) in [5, 5.41) is 3.52. The number of ether oxygens (including phenoxy) is 3. The molecule has 2 saturated heterocycles. The van der Waals surface area contributed by atoms with Gasteiger partial charge in [0.15, 0.2) is 5.96 Å². The summed E-state index contributed by atoms with van der Waals surface area (Å²) in [6.07, 6.45) is 8.46. The molecule has 170 valence electrons. The van der Waals surface area contributed by atoms with Crippen LogP contribution in [0.25, 0.3) is 0 Å². The molecule has 0 aliphatic carbocycles. The van der Waals surface area contributed by atoms with Crippen molar-refractivity contribution in [2.24, 2.45) is 4.99 Å². The number of rotatable bonds is 8. The first kappa shape index (κ1) is 25.2. The molecular weight excluding hydrogens is 493 g/mol. The van der Waals surface area contributed by atoms with E-state index in [0.717, 1.165) is 76.7 Å². The molecule has 0 spiro atoms. The highest BCUT2D eigenvalue weighted by atomic mass is 127. The predicted octanol–water partition coefficient (Wildman–Crippen LogP) is 3.87. The van der Waals surface area contributed by atoms with Crippen molar-refractivity contribution < 1.29 is 14.2 Å². The molecule has 0 bridgehead atoms. The van der Waals surface area contributed by atoms with Crippen LogP contribution in [0.1, 0.15) is 44.1 Å². The molecule has 0 radical (unpaired) electrons. The minimum absolute atomic E-state index is 0. The fourth-order valence-corrected chi connectivity index (χ4v) is 4.07. The minimum atomic E-state index is 0. The molecule has 1 aromatic rings. The lowest BCUT2D eigenvalue weighted by Crippen LogP contribution is -2.47. The first-order valence-corrected chi connectivity index (χ1v) is 11.1. The summed E-state index contributed by atoms with van der Waals surface area (Å²) in [7, 11) is 3.58. The van der Waals surface area contributed by atoms with Crippen LogP contribution in [-0.4, -0.2) is 70.1 Å². The predicted molar refractivity (Wildman–Crippen MR) is 132 cm³/mol.